The molecule has 1 unspecified atom stereocenters. The average Bonchev–Trinajstić information content (AvgIpc) is 2.16. The molecule has 0 saturated heterocycles. The highest BCUT2D eigenvalue weighted by Crippen LogP contribution is 2.13. The molecule has 2 N–H and O–H groups in total. The first kappa shape index (κ1) is 11.0. The number of hydrogen-bond donors (Lipinski definition) is 1. The summed E-state index contributed by atoms with van der Waals surface area (Å²) < 4.78 is 18.7. The highest BCUT2D eigenvalue weighted by molar-refractivity contribution is 5.40. The molecule has 14 heavy (non-hydrogen) atoms. The van der Waals surface area contributed by atoms with Crippen molar-refractivity contribution < 1.29 is 9.13 Å². The van der Waals surface area contributed by atoms with E-state index in [0.29, 0.717) is 17.9 Å². The van der Waals surface area contributed by atoms with Crippen LogP contribution in [0, 0.1) is 5.82 Å². The molecular formula is C11H16FNO. The summed E-state index contributed by atoms with van der Waals surface area (Å²) in [6.45, 7) is 4.31. The van der Waals surface area contributed by atoms with Gasteiger partial charge in [-0.15, -0.1) is 0 Å². The van der Waals surface area contributed by atoms with Crippen LogP contribution in [0.2, 0.25) is 0 Å². The van der Waals surface area contributed by atoms with Gasteiger partial charge in [-0.25, -0.2) is 4.39 Å². The van der Waals surface area contributed by atoms with Crippen LogP contribution in [0.4, 0.5) is 10.1 Å². The normalized spacial score (nSPS) is 12.8. The Hall–Kier alpha value is -1.09. The maximum absolute atomic E-state index is 13.2. The number of halogens is 1. The Morgan fingerprint density at radius 2 is 2.21 bits per heavy atom. The molecule has 0 aliphatic heterocycles. The topological polar surface area (TPSA) is 35.2 Å². The summed E-state index contributed by atoms with van der Waals surface area (Å²) in [5, 5.41) is 0. The molecule has 3 heteroatoms. The first-order valence-corrected chi connectivity index (χ1v) is 4.79. The van der Waals surface area contributed by atoms with Gasteiger partial charge in [-0.3, -0.25) is 0 Å². The van der Waals surface area contributed by atoms with Crippen LogP contribution in [0.15, 0.2) is 18.2 Å². The standard InChI is InChI=1S/C11H16FNO/c1-3-8(2)14-7-9-4-5-10(13)6-11(9)12/h4-6,8H,3,7,13H2,1-2H3. The van der Waals surface area contributed by atoms with E-state index in [0.717, 1.165) is 6.42 Å². The van der Waals surface area contributed by atoms with Gasteiger partial charge in [-0.05, 0) is 25.5 Å². The lowest BCUT2D eigenvalue weighted by molar-refractivity contribution is 0.0492. The number of benzene rings is 1. The predicted octanol–water partition coefficient (Wildman–Crippen LogP) is 2.72. The molecule has 1 atom stereocenters. The van der Waals surface area contributed by atoms with Gasteiger partial charge in [0.05, 0.1) is 12.7 Å². The minimum atomic E-state index is -0.298. The Kier molecular flexibility index (Phi) is 3.89. The fourth-order valence-electron chi connectivity index (χ4n) is 1.03. The largest absolute Gasteiger partial charge is 0.399 e. The third-order valence-corrected chi connectivity index (χ3v) is 2.18. The molecule has 1 aromatic carbocycles. The average molecular weight is 197 g/mol. The molecule has 0 aliphatic rings. The minimum Gasteiger partial charge on any atom is -0.399 e. The van der Waals surface area contributed by atoms with Gasteiger partial charge >= 0.3 is 0 Å². The van der Waals surface area contributed by atoms with Gasteiger partial charge in [0.2, 0.25) is 0 Å². The zero-order chi connectivity index (χ0) is 10.6. The zero-order valence-corrected chi connectivity index (χ0v) is 8.59. The van der Waals surface area contributed by atoms with Crippen LogP contribution in [-0.2, 0) is 11.3 Å². The molecule has 0 spiro atoms. The summed E-state index contributed by atoms with van der Waals surface area (Å²) in [6.07, 6.45) is 1.09. The Morgan fingerprint density at radius 1 is 1.50 bits per heavy atom. The van der Waals surface area contributed by atoms with Gasteiger partial charge in [0.15, 0.2) is 0 Å². The second-order valence-electron chi connectivity index (χ2n) is 3.38. The summed E-state index contributed by atoms with van der Waals surface area (Å²) in [5.41, 5.74) is 6.42. The molecule has 78 valence electrons. The van der Waals surface area contributed by atoms with Crippen molar-refractivity contribution in [3.63, 3.8) is 0 Å². The van der Waals surface area contributed by atoms with E-state index >= 15 is 0 Å². The van der Waals surface area contributed by atoms with E-state index in [1.165, 1.54) is 6.07 Å². The quantitative estimate of drug-likeness (QED) is 0.753. The maximum Gasteiger partial charge on any atom is 0.130 e. The number of nitrogen functional groups attached to an aromatic ring is 1. The van der Waals surface area contributed by atoms with Crippen molar-refractivity contribution in [2.45, 2.75) is 33.0 Å². The molecule has 0 fully saturated rings. The summed E-state index contributed by atoms with van der Waals surface area (Å²) in [7, 11) is 0. The van der Waals surface area contributed by atoms with Gasteiger partial charge in [-0.2, -0.15) is 0 Å². The molecule has 0 heterocycles. The van der Waals surface area contributed by atoms with E-state index < -0.39 is 0 Å². The zero-order valence-electron chi connectivity index (χ0n) is 8.59. The van der Waals surface area contributed by atoms with Crippen molar-refractivity contribution >= 4 is 5.69 Å². The summed E-state index contributed by atoms with van der Waals surface area (Å²) in [4.78, 5) is 0. The lowest BCUT2D eigenvalue weighted by Crippen LogP contribution is -2.07. The van der Waals surface area contributed by atoms with Crippen LogP contribution in [0.25, 0.3) is 0 Å². The van der Waals surface area contributed by atoms with Crippen LogP contribution in [0.1, 0.15) is 25.8 Å². The Morgan fingerprint density at radius 3 is 2.79 bits per heavy atom. The highest BCUT2D eigenvalue weighted by atomic mass is 19.1. The van der Waals surface area contributed by atoms with Crippen LogP contribution in [0.3, 0.4) is 0 Å². The van der Waals surface area contributed by atoms with Crippen LogP contribution in [0.5, 0.6) is 0 Å². The van der Waals surface area contributed by atoms with E-state index in [1.54, 1.807) is 12.1 Å². The van der Waals surface area contributed by atoms with Crippen molar-refractivity contribution in [2.75, 3.05) is 5.73 Å². The van der Waals surface area contributed by atoms with E-state index in [2.05, 4.69) is 0 Å². The second-order valence-corrected chi connectivity index (χ2v) is 3.38. The van der Waals surface area contributed by atoms with E-state index in [4.69, 9.17) is 10.5 Å². The first-order valence-electron chi connectivity index (χ1n) is 4.79. The van der Waals surface area contributed by atoms with E-state index in [1.807, 2.05) is 13.8 Å². The van der Waals surface area contributed by atoms with Gasteiger partial charge in [0.1, 0.15) is 5.82 Å². The van der Waals surface area contributed by atoms with Crippen molar-refractivity contribution in [1.82, 2.24) is 0 Å². The van der Waals surface area contributed by atoms with Gasteiger partial charge < -0.3 is 10.5 Å². The smallest absolute Gasteiger partial charge is 0.130 e. The molecule has 1 aromatic rings. The number of rotatable bonds is 4. The van der Waals surface area contributed by atoms with Crippen LogP contribution >= 0.6 is 0 Å². The van der Waals surface area contributed by atoms with E-state index in [9.17, 15) is 4.39 Å². The maximum atomic E-state index is 13.2. The van der Waals surface area contributed by atoms with Crippen molar-refractivity contribution in [1.29, 1.82) is 0 Å². The second kappa shape index (κ2) is 4.96. The fourth-order valence-corrected chi connectivity index (χ4v) is 1.03. The molecule has 0 aliphatic carbocycles. The number of ether oxygens (including phenoxy) is 1. The highest BCUT2D eigenvalue weighted by Gasteiger charge is 2.04. The number of nitrogens with two attached hydrogens (primary N) is 1. The Balaban J connectivity index is 2.59. The van der Waals surface area contributed by atoms with Crippen LogP contribution < -0.4 is 5.73 Å². The Bertz CT molecular complexity index is 301. The molecule has 0 amide bonds. The predicted molar refractivity (Wildman–Crippen MR) is 55.4 cm³/mol. The molecule has 0 aromatic heterocycles. The van der Waals surface area contributed by atoms with Gasteiger partial charge in [0.25, 0.3) is 0 Å². The number of anilines is 1. The fraction of sp³-hybridized carbons (Fsp3) is 0.455. The summed E-state index contributed by atoms with van der Waals surface area (Å²) in [5.74, 6) is -0.298. The molecule has 0 saturated carbocycles. The summed E-state index contributed by atoms with van der Waals surface area (Å²) in [6, 6.07) is 4.65. The number of hydrogen-bond acceptors (Lipinski definition) is 2. The van der Waals surface area contributed by atoms with Crippen LogP contribution in [-0.4, -0.2) is 6.10 Å². The molecular weight excluding hydrogens is 181 g/mol. The van der Waals surface area contributed by atoms with Crippen molar-refractivity contribution in [2.24, 2.45) is 0 Å². The molecule has 1 rings (SSSR count). The molecule has 0 bridgehead atoms. The molecule has 0 radical (unpaired) electrons. The molecule has 2 nitrogen and oxygen atoms in total. The third kappa shape index (κ3) is 3.00. The van der Waals surface area contributed by atoms with Gasteiger partial charge in [0, 0.05) is 11.3 Å². The first-order chi connectivity index (χ1) is 6.63. The Labute approximate surface area is 83.9 Å². The van der Waals surface area contributed by atoms with Crippen molar-refractivity contribution in [3.8, 4) is 0 Å². The SMILES string of the molecule is CCC(C)OCc1ccc(N)cc1F. The van der Waals surface area contributed by atoms with Gasteiger partial charge in [-0.1, -0.05) is 13.0 Å². The minimum absolute atomic E-state index is 0.159. The lowest BCUT2D eigenvalue weighted by atomic mass is 10.2. The summed E-state index contributed by atoms with van der Waals surface area (Å²) >= 11 is 0. The monoisotopic (exact) mass is 197 g/mol. The lowest BCUT2D eigenvalue weighted by Gasteiger charge is -2.11. The van der Waals surface area contributed by atoms with Crippen molar-refractivity contribution in [3.05, 3.63) is 29.6 Å². The third-order valence-electron chi connectivity index (χ3n) is 2.18. The van der Waals surface area contributed by atoms with E-state index in [-0.39, 0.29) is 11.9 Å².